The maximum Gasteiger partial charge on any atom is 0.272 e. The number of hydrogen-bond donors (Lipinski definition) is 0. The standard InChI is InChI=1S/C26H34N6O/c1-6-9-23-28-17-19(18-11-13-27-14-12-18)24(29-23)20-10-7-8-15-32(20)25(33)21-16-22(26(2,3)4)30-31(21)5/h11-14,16-17,20H,6-10,15H2,1-5H3/t20-/m1/s1. The van der Waals surface area contributed by atoms with Crippen LogP contribution in [0.1, 0.15) is 87.1 Å². The molecule has 1 atom stereocenters. The molecule has 1 aliphatic rings. The SMILES string of the molecule is CCCc1ncc(-c2ccncc2)c([C@H]2CCCCN2C(=O)c2cc(C(C)(C)C)nn2C)n1. The summed E-state index contributed by atoms with van der Waals surface area (Å²) in [5.41, 5.74) is 4.37. The van der Waals surface area contributed by atoms with Crippen LogP contribution < -0.4 is 0 Å². The first-order valence-corrected chi connectivity index (χ1v) is 11.9. The third-order valence-corrected chi connectivity index (χ3v) is 6.28. The van der Waals surface area contributed by atoms with Gasteiger partial charge in [0.25, 0.3) is 5.91 Å². The van der Waals surface area contributed by atoms with Crippen molar-refractivity contribution in [2.75, 3.05) is 6.54 Å². The van der Waals surface area contributed by atoms with Crippen molar-refractivity contribution in [2.45, 2.75) is 71.3 Å². The number of piperidine rings is 1. The van der Waals surface area contributed by atoms with Crippen LogP contribution in [-0.4, -0.2) is 42.1 Å². The molecule has 4 rings (SSSR count). The lowest BCUT2D eigenvalue weighted by Crippen LogP contribution is -2.40. The summed E-state index contributed by atoms with van der Waals surface area (Å²) in [4.78, 5) is 29.6. The van der Waals surface area contributed by atoms with Gasteiger partial charge in [0.2, 0.25) is 0 Å². The number of aromatic nitrogens is 5. The summed E-state index contributed by atoms with van der Waals surface area (Å²) >= 11 is 0. The van der Waals surface area contributed by atoms with Crippen LogP contribution in [-0.2, 0) is 18.9 Å². The Bertz CT molecular complexity index is 1120. The van der Waals surface area contributed by atoms with Crippen LogP contribution in [0.25, 0.3) is 11.1 Å². The maximum atomic E-state index is 13.8. The lowest BCUT2D eigenvalue weighted by molar-refractivity contribution is 0.0595. The Morgan fingerprint density at radius 2 is 1.94 bits per heavy atom. The van der Waals surface area contributed by atoms with E-state index in [1.165, 1.54) is 0 Å². The molecule has 0 bridgehead atoms. The second kappa shape index (κ2) is 9.41. The van der Waals surface area contributed by atoms with Gasteiger partial charge in [-0.25, -0.2) is 9.97 Å². The van der Waals surface area contributed by atoms with Gasteiger partial charge in [-0.3, -0.25) is 14.5 Å². The van der Waals surface area contributed by atoms with E-state index < -0.39 is 0 Å². The van der Waals surface area contributed by atoms with Gasteiger partial charge in [-0.15, -0.1) is 0 Å². The normalized spacial score (nSPS) is 16.8. The molecule has 1 aliphatic heterocycles. The highest BCUT2D eigenvalue weighted by molar-refractivity contribution is 5.93. The summed E-state index contributed by atoms with van der Waals surface area (Å²) in [5, 5.41) is 4.64. The van der Waals surface area contributed by atoms with Crippen molar-refractivity contribution < 1.29 is 4.79 Å². The monoisotopic (exact) mass is 446 g/mol. The fourth-order valence-corrected chi connectivity index (χ4v) is 4.43. The third-order valence-electron chi connectivity index (χ3n) is 6.28. The maximum absolute atomic E-state index is 13.8. The molecule has 33 heavy (non-hydrogen) atoms. The minimum absolute atomic E-state index is 0.0153. The molecule has 0 saturated carbocycles. The van der Waals surface area contributed by atoms with E-state index in [2.05, 4.69) is 42.8 Å². The molecule has 1 saturated heterocycles. The Balaban J connectivity index is 1.77. The number of aryl methyl sites for hydroxylation is 2. The van der Waals surface area contributed by atoms with Crippen LogP contribution in [0.3, 0.4) is 0 Å². The van der Waals surface area contributed by atoms with Crippen molar-refractivity contribution in [3.05, 3.63) is 59.7 Å². The van der Waals surface area contributed by atoms with Gasteiger partial charge in [-0.2, -0.15) is 5.10 Å². The second-order valence-electron chi connectivity index (χ2n) is 9.87. The molecular weight excluding hydrogens is 412 g/mol. The fourth-order valence-electron chi connectivity index (χ4n) is 4.43. The van der Waals surface area contributed by atoms with E-state index in [1.54, 1.807) is 17.1 Å². The number of carbonyl (C=O) groups is 1. The van der Waals surface area contributed by atoms with Crippen LogP contribution in [0.5, 0.6) is 0 Å². The first kappa shape index (κ1) is 23.1. The van der Waals surface area contributed by atoms with E-state index in [9.17, 15) is 4.79 Å². The van der Waals surface area contributed by atoms with Crippen LogP contribution in [0, 0.1) is 0 Å². The Labute approximate surface area is 196 Å². The van der Waals surface area contributed by atoms with E-state index in [4.69, 9.17) is 4.98 Å². The van der Waals surface area contributed by atoms with Gasteiger partial charge in [0.15, 0.2) is 0 Å². The summed E-state index contributed by atoms with van der Waals surface area (Å²) in [7, 11) is 1.86. The molecule has 0 N–H and O–H groups in total. The molecule has 0 spiro atoms. The van der Waals surface area contributed by atoms with Crippen molar-refractivity contribution in [2.24, 2.45) is 7.05 Å². The summed E-state index contributed by atoms with van der Waals surface area (Å²) in [5.74, 6) is 0.848. The van der Waals surface area contributed by atoms with Crippen LogP contribution >= 0.6 is 0 Å². The molecule has 0 unspecified atom stereocenters. The van der Waals surface area contributed by atoms with Crippen molar-refractivity contribution in [1.82, 2.24) is 29.6 Å². The van der Waals surface area contributed by atoms with Gasteiger partial charge in [0.05, 0.1) is 17.4 Å². The van der Waals surface area contributed by atoms with E-state index in [0.29, 0.717) is 12.2 Å². The first-order chi connectivity index (χ1) is 15.8. The summed E-state index contributed by atoms with van der Waals surface area (Å²) in [6.45, 7) is 9.19. The lowest BCUT2D eigenvalue weighted by Gasteiger charge is -2.36. The van der Waals surface area contributed by atoms with Gasteiger partial charge in [0, 0.05) is 49.6 Å². The third kappa shape index (κ3) is 4.82. The number of amides is 1. The minimum atomic E-state index is -0.117. The zero-order chi connectivity index (χ0) is 23.6. The Kier molecular flexibility index (Phi) is 6.58. The zero-order valence-electron chi connectivity index (χ0n) is 20.4. The molecule has 1 fully saturated rings. The second-order valence-corrected chi connectivity index (χ2v) is 9.87. The number of likely N-dealkylation sites (tertiary alicyclic amines) is 1. The van der Waals surface area contributed by atoms with Crippen molar-refractivity contribution >= 4 is 5.91 Å². The number of hydrogen-bond acceptors (Lipinski definition) is 5. The summed E-state index contributed by atoms with van der Waals surface area (Å²) < 4.78 is 1.72. The van der Waals surface area contributed by atoms with E-state index in [-0.39, 0.29) is 17.4 Å². The predicted octanol–water partition coefficient (Wildman–Crippen LogP) is 4.89. The molecule has 4 heterocycles. The molecule has 174 valence electrons. The molecule has 1 amide bonds. The topological polar surface area (TPSA) is 76.8 Å². The molecule has 7 heteroatoms. The van der Waals surface area contributed by atoms with E-state index in [0.717, 1.165) is 60.4 Å². The van der Waals surface area contributed by atoms with E-state index in [1.807, 2.05) is 36.3 Å². The van der Waals surface area contributed by atoms with Gasteiger partial charge in [0.1, 0.15) is 11.5 Å². The van der Waals surface area contributed by atoms with Crippen LogP contribution in [0.4, 0.5) is 0 Å². The molecular formula is C26H34N6O. The molecule has 0 aliphatic carbocycles. The number of rotatable bonds is 5. The van der Waals surface area contributed by atoms with Crippen molar-refractivity contribution in [1.29, 1.82) is 0 Å². The highest BCUT2D eigenvalue weighted by Gasteiger charge is 2.34. The largest absolute Gasteiger partial charge is 0.329 e. The van der Waals surface area contributed by atoms with Gasteiger partial charge < -0.3 is 4.90 Å². The van der Waals surface area contributed by atoms with Crippen LogP contribution in [0.2, 0.25) is 0 Å². The predicted molar refractivity (Wildman–Crippen MR) is 129 cm³/mol. The van der Waals surface area contributed by atoms with Gasteiger partial charge in [-0.05, 0) is 49.4 Å². The lowest BCUT2D eigenvalue weighted by atomic mass is 9.91. The Hall–Kier alpha value is -3.09. The van der Waals surface area contributed by atoms with E-state index >= 15 is 0 Å². The van der Waals surface area contributed by atoms with Gasteiger partial charge >= 0.3 is 0 Å². The summed E-state index contributed by atoms with van der Waals surface area (Å²) in [6.07, 6.45) is 10.2. The highest BCUT2D eigenvalue weighted by Crippen LogP contribution is 2.36. The zero-order valence-corrected chi connectivity index (χ0v) is 20.4. The smallest absolute Gasteiger partial charge is 0.272 e. The van der Waals surface area contributed by atoms with Crippen molar-refractivity contribution in [3.8, 4) is 11.1 Å². The average molecular weight is 447 g/mol. The molecule has 7 nitrogen and oxygen atoms in total. The number of pyridine rings is 1. The summed E-state index contributed by atoms with van der Waals surface area (Å²) in [6, 6.07) is 5.81. The number of carbonyl (C=O) groups excluding carboxylic acids is 1. The quantitative estimate of drug-likeness (QED) is 0.558. The average Bonchev–Trinajstić information content (AvgIpc) is 3.21. The molecule has 3 aromatic heterocycles. The molecule has 0 radical (unpaired) electrons. The Morgan fingerprint density at radius 3 is 2.61 bits per heavy atom. The molecule has 3 aromatic rings. The molecule has 0 aromatic carbocycles. The highest BCUT2D eigenvalue weighted by atomic mass is 16.2. The van der Waals surface area contributed by atoms with Crippen molar-refractivity contribution in [3.63, 3.8) is 0 Å². The fraction of sp³-hybridized carbons (Fsp3) is 0.500. The minimum Gasteiger partial charge on any atom is -0.329 e. The van der Waals surface area contributed by atoms with Crippen LogP contribution in [0.15, 0.2) is 36.8 Å². The Morgan fingerprint density at radius 1 is 1.18 bits per heavy atom. The first-order valence-electron chi connectivity index (χ1n) is 11.9. The number of nitrogens with zero attached hydrogens (tertiary/aromatic N) is 6. The van der Waals surface area contributed by atoms with Gasteiger partial charge in [-0.1, -0.05) is 27.7 Å².